The van der Waals surface area contributed by atoms with E-state index in [2.05, 4.69) is 22.4 Å². The maximum atomic E-state index is 12.4. The Kier molecular flexibility index (Phi) is 3.93. The van der Waals surface area contributed by atoms with Crippen molar-refractivity contribution in [1.82, 2.24) is 19.3 Å². The number of amides is 1. The number of carbonyl (C=O) groups is 1. The van der Waals surface area contributed by atoms with E-state index in [4.69, 9.17) is 11.6 Å². The first-order chi connectivity index (χ1) is 12.1. The van der Waals surface area contributed by atoms with Crippen LogP contribution in [0.3, 0.4) is 0 Å². The third kappa shape index (κ3) is 3.10. The van der Waals surface area contributed by atoms with E-state index in [9.17, 15) is 4.79 Å². The van der Waals surface area contributed by atoms with Crippen molar-refractivity contribution >= 4 is 34.1 Å². The number of carbonyl (C=O) groups excluding carboxylic acids is 1. The van der Waals surface area contributed by atoms with Crippen molar-refractivity contribution in [2.24, 2.45) is 0 Å². The molecule has 0 aliphatic carbocycles. The molecule has 1 N–H and O–H groups in total. The van der Waals surface area contributed by atoms with Gasteiger partial charge in [-0.05, 0) is 36.6 Å². The van der Waals surface area contributed by atoms with Crippen LogP contribution in [0, 0.1) is 6.92 Å². The van der Waals surface area contributed by atoms with Crippen molar-refractivity contribution < 1.29 is 4.79 Å². The molecule has 0 radical (unpaired) electrons. The molecule has 0 bridgehead atoms. The third-order valence-electron chi connectivity index (χ3n) is 4.25. The fourth-order valence-corrected chi connectivity index (χ4v) is 3.22. The Morgan fingerprint density at radius 1 is 1.20 bits per heavy atom. The summed E-state index contributed by atoms with van der Waals surface area (Å²) in [6, 6.07) is 13.8. The summed E-state index contributed by atoms with van der Waals surface area (Å²) in [7, 11) is 0. The van der Waals surface area contributed by atoms with Crippen molar-refractivity contribution in [1.29, 1.82) is 0 Å². The minimum Gasteiger partial charge on any atom is -0.349 e. The maximum absolute atomic E-state index is 12.4. The minimum atomic E-state index is -0.0421. The summed E-state index contributed by atoms with van der Waals surface area (Å²) in [5, 5.41) is 4.73. The fourth-order valence-electron chi connectivity index (χ4n) is 3.05. The van der Waals surface area contributed by atoms with E-state index >= 15 is 0 Å². The Morgan fingerprint density at radius 3 is 2.92 bits per heavy atom. The lowest BCUT2D eigenvalue weighted by Crippen LogP contribution is -2.27. The van der Waals surface area contributed by atoms with E-state index in [1.165, 1.54) is 0 Å². The fraction of sp³-hybridized carbons (Fsp3) is 0.158. The van der Waals surface area contributed by atoms with Crippen LogP contribution in [-0.2, 0) is 17.9 Å². The van der Waals surface area contributed by atoms with Gasteiger partial charge >= 0.3 is 0 Å². The molecule has 0 aliphatic rings. The number of hydrogen-bond donors (Lipinski definition) is 1. The Balaban J connectivity index is 1.47. The number of aryl methyl sites for hydroxylation is 1. The number of imidazole rings is 1. The molecule has 0 unspecified atom stereocenters. The van der Waals surface area contributed by atoms with Gasteiger partial charge in [0.1, 0.15) is 12.2 Å². The zero-order chi connectivity index (χ0) is 17.4. The molecule has 1 aromatic carbocycles. The van der Waals surface area contributed by atoms with E-state index < -0.39 is 0 Å². The van der Waals surface area contributed by atoms with Crippen LogP contribution in [0.5, 0.6) is 0 Å². The highest BCUT2D eigenvalue weighted by molar-refractivity contribution is 6.30. The molecule has 0 saturated heterocycles. The molecule has 1 amide bonds. The molecule has 5 nitrogen and oxygen atoms in total. The molecule has 0 saturated carbocycles. The quantitative estimate of drug-likeness (QED) is 0.610. The summed E-state index contributed by atoms with van der Waals surface area (Å²) < 4.78 is 3.88. The predicted molar refractivity (Wildman–Crippen MR) is 98.7 cm³/mol. The number of halogens is 1. The average molecular weight is 353 g/mol. The number of aromatic nitrogens is 3. The standard InChI is InChI=1S/C19H17ClN4O/c1-13-8-14-4-2-3-5-17(14)24(13)12-19(25)21-9-16-11-23-10-15(20)6-7-18(23)22-16/h2-8,10-11H,9,12H2,1H3,(H,21,25). The van der Waals surface area contributed by atoms with Crippen LogP contribution in [-0.4, -0.2) is 19.9 Å². The van der Waals surface area contributed by atoms with Gasteiger partial charge in [-0.15, -0.1) is 0 Å². The van der Waals surface area contributed by atoms with Crippen LogP contribution in [0.25, 0.3) is 16.6 Å². The Labute approximate surface area is 149 Å². The molecule has 3 heterocycles. The number of hydrogen-bond acceptors (Lipinski definition) is 2. The number of nitrogens with one attached hydrogen (secondary N) is 1. The number of nitrogens with zero attached hydrogens (tertiary/aromatic N) is 3. The van der Waals surface area contributed by atoms with Crippen molar-refractivity contribution in [2.75, 3.05) is 0 Å². The largest absolute Gasteiger partial charge is 0.349 e. The van der Waals surface area contributed by atoms with Crippen molar-refractivity contribution in [2.45, 2.75) is 20.0 Å². The second-order valence-corrected chi connectivity index (χ2v) is 6.49. The molecule has 0 atom stereocenters. The normalized spacial score (nSPS) is 11.3. The smallest absolute Gasteiger partial charge is 0.240 e. The van der Waals surface area contributed by atoms with Crippen LogP contribution in [0.15, 0.2) is 54.9 Å². The van der Waals surface area contributed by atoms with Gasteiger partial charge in [-0.25, -0.2) is 4.98 Å². The van der Waals surface area contributed by atoms with Crippen LogP contribution in [0.1, 0.15) is 11.4 Å². The highest BCUT2D eigenvalue weighted by atomic mass is 35.5. The SMILES string of the molecule is Cc1cc2ccccc2n1CC(=O)NCc1cn2cc(Cl)ccc2n1. The number of fused-ring (bicyclic) bond motifs is 2. The van der Waals surface area contributed by atoms with Crippen molar-refractivity contribution in [3.63, 3.8) is 0 Å². The van der Waals surface area contributed by atoms with Gasteiger partial charge in [-0.1, -0.05) is 29.8 Å². The number of benzene rings is 1. The van der Waals surface area contributed by atoms with Gasteiger partial charge in [0.2, 0.25) is 5.91 Å². The van der Waals surface area contributed by atoms with Gasteiger partial charge in [-0.2, -0.15) is 0 Å². The van der Waals surface area contributed by atoms with Crippen LogP contribution in [0.4, 0.5) is 0 Å². The molecule has 25 heavy (non-hydrogen) atoms. The Morgan fingerprint density at radius 2 is 2.04 bits per heavy atom. The van der Waals surface area contributed by atoms with Gasteiger partial charge < -0.3 is 14.3 Å². The Bertz CT molecular complexity index is 1080. The van der Waals surface area contributed by atoms with Gasteiger partial charge in [0, 0.05) is 23.6 Å². The monoisotopic (exact) mass is 352 g/mol. The van der Waals surface area contributed by atoms with Crippen LogP contribution < -0.4 is 5.32 Å². The first-order valence-electron chi connectivity index (χ1n) is 8.05. The molecule has 0 aliphatic heterocycles. The molecule has 6 heteroatoms. The van der Waals surface area contributed by atoms with Gasteiger partial charge in [-0.3, -0.25) is 4.79 Å². The molecule has 4 aromatic rings. The second-order valence-electron chi connectivity index (χ2n) is 6.05. The first kappa shape index (κ1) is 15.7. The highest BCUT2D eigenvalue weighted by Gasteiger charge is 2.10. The highest BCUT2D eigenvalue weighted by Crippen LogP contribution is 2.19. The van der Waals surface area contributed by atoms with E-state index in [0.29, 0.717) is 18.1 Å². The predicted octanol–water partition coefficient (Wildman–Crippen LogP) is 3.57. The van der Waals surface area contributed by atoms with Crippen LogP contribution in [0.2, 0.25) is 5.02 Å². The number of rotatable bonds is 4. The molecule has 0 spiro atoms. The summed E-state index contributed by atoms with van der Waals surface area (Å²) in [5.41, 5.74) is 3.74. The average Bonchev–Trinajstić information content (AvgIpc) is 3.13. The lowest BCUT2D eigenvalue weighted by atomic mass is 10.2. The molecule has 0 fully saturated rings. The first-order valence-corrected chi connectivity index (χ1v) is 8.43. The molecular formula is C19H17ClN4O. The molecule has 3 aromatic heterocycles. The summed E-state index contributed by atoms with van der Waals surface area (Å²) in [5.74, 6) is -0.0421. The van der Waals surface area contributed by atoms with Crippen LogP contribution >= 0.6 is 11.6 Å². The zero-order valence-corrected chi connectivity index (χ0v) is 14.5. The summed E-state index contributed by atoms with van der Waals surface area (Å²) in [6.45, 7) is 2.69. The van der Waals surface area contributed by atoms with Gasteiger partial charge in [0.25, 0.3) is 0 Å². The summed E-state index contributed by atoms with van der Waals surface area (Å²) in [4.78, 5) is 16.8. The minimum absolute atomic E-state index is 0.0421. The van der Waals surface area contributed by atoms with E-state index in [1.807, 2.05) is 46.4 Å². The maximum Gasteiger partial charge on any atom is 0.240 e. The number of pyridine rings is 1. The zero-order valence-electron chi connectivity index (χ0n) is 13.7. The van der Waals surface area contributed by atoms with E-state index in [-0.39, 0.29) is 5.91 Å². The number of para-hydroxylation sites is 1. The third-order valence-corrected chi connectivity index (χ3v) is 4.47. The van der Waals surface area contributed by atoms with Crippen molar-refractivity contribution in [3.8, 4) is 0 Å². The van der Waals surface area contributed by atoms with Gasteiger partial charge in [0.15, 0.2) is 0 Å². The molecule has 126 valence electrons. The summed E-state index contributed by atoms with van der Waals surface area (Å²) in [6.07, 6.45) is 3.67. The second kappa shape index (κ2) is 6.26. The summed E-state index contributed by atoms with van der Waals surface area (Å²) >= 11 is 5.98. The van der Waals surface area contributed by atoms with Gasteiger partial charge in [0.05, 0.1) is 17.3 Å². The molecular weight excluding hydrogens is 336 g/mol. The lowest BCUT2D eigenvalue weighted by molar-refractivity contribution is -0.121. The molecule has 4 rings (SSSR count). The van der Waals surface area contributed by atoms with Crippen molar-refractivity contribution in [3.05, 3.63) is 71.3 Å². The Hall–Kier alpha value is -2.79. The lowest BCUT2D eigenvalue weighted by Gasteiger charge is -2.08. The topological polar surface area (TPSA) is 51.3 Å². The van der Waals surface area contributed by atoms with E-state index in [1.54, 1.807) is 12.3 Å². The van der Waals surface area contributed by atoms with E-state index in [0.717, 1.165) is 27.9 Å².